The number of imidazole rings is 1. The third-order valence-electron chi connectivity index (χ3n) is 7.96. The number of carbonyl (C=O) groups is 1. The molecule has 38 heavy (non-hydrogen) atoms. The van der Waals surface area contributed by atoms with Crippen LogP contribution < -0.4 is 15.0 Å². The fourth-order valence-corrected chi connectivity index (χ4v) is 6.45. The van der Waals surface area contributed by atoms with E-state index in [1.807, 2.05) is 31.5 Å². The van der Waals surface area contributed by atoms with Gasteiger partial charge in [-0.15, -0.1) is 0 Å². The van der Waals surface area contributed by atoms with Crippen LogP contribution in [-0.2, 0) is 14.8 Å². The second-order valence-electron chi connectivity index (χ2n) is 10.5. The number of sulfonamides is 1. The molecule has 3 fully saturated rings. The summed E-state index contributed by atoms with van der Waals surface area (Å²) in [6.07, 6.45) is 4.44. The van der Waals surface area contributed by atoms with E-state index in [4.69, 9.17) is 9.72 Å². The molecule has 11 heteroatoms. The quantitative estimate of drug-likeness (QED) is 0.470. The second-order valence-corrected chi connectivity index (χ2v) is 12.7. The highest BCUT2D eigenvalue weighted by atomic mass is 32.2. The first kappa shape index (κ1) is 25.1. The Kier molecular flexibility index (Phi) is 6.51. The van der Waals surface area contributed by atoms with Crippen molar-refractivity contribution in [2.75, 3.05) is 43.4 Å². The summed E-state index contributed by atoms with van der Waals surface area (Å²) in [4.78, 5) is 23.6. The summed E-state index contributed by atoms with van der Waals surface area (Å²) in [6.45, 7) is 6.63. The molecule has 1 saturated carbocycles. The molecule has 0 bridgehead atoms. The zero-order chi connectivity index (χ0) is 26.4. The van der Waals surface area contributed by atoms with Gasteiger partial charge in [0, 0.05) is 62.4 Å². The number of rotatable bonds is 8. The predicted octanol–water partition coefficient (Wildman–Crippen LogP) is 2.81. The van der Waals surface area contributed by atoms with Gasteiger partial charge in [-0.2, -0.15) is 4.31 Å². The van der Waals surface area contributed by atoms with Gasteiger partial charge < -0.3 is 19.5 Å². The molecule has 3 aromatic rings. The number of piperazine rings is 1. The highest BCUT2D eigenvalue weighted by molar-refractivity contribution is 7.89. The van der Waals surface area contributed by atoms with E-state index in [9.17, 15) is 13.2 Å². The smallest absolute Gasteiger partial charge is 0.241 e. The number of ether oxygens (including phenoxy) is 1. The minimum atomic E-state index is -3.15. The molecule has 0 spiro atoms. The first-order chi connectivity index (χ1) is 18.3. The van der Waals surface area contributed by atoms with Crippen molar-refractivity contribution in [2.45, 2.75) is 45.3 Å². The normalized spacial score (nSPS) is 21.6. The third-order valence-corrected chi connectivity index (χ3v) is 9.84. The monoisotopic (exact) mass is 538 g/mol. The number of hydrogen-bond donors (Lipinski definition) is 1. The molecular formula is C27H34N6O4S. The van der Waals surface area contributed by atoms with Gasteiger partial charge in [0.2, 0.25) is 21.8 Å². The zero-order valence-corrected chi connectivity index (χ0v) is 22.7. The fraction of sp³-hybridized carbons (Fsp3) is 0.519. The molecule has 1 unspecified atom stereocenters. The van der Waals surface area contributed by atoms with E-state index in [1.165, 1.54) is 0 Å². The Morgan fingerprint density at radius 2 is 1.87 bits per heavy atom. The highest BCUT2D eigenvalue weighted by Crippen LogP contribution is 2.40. The Bertz CT molecular complexity index is 1440. The Morgan fingerprint density at radius 3 is 2.50 bits per heavy atom. The summed E-state index contributed by atoms with van der Waals surface area (Å²) in [5, 5.41) is 2.90. The summed E-state index contributed by atoms with van der Waals surface area (Å²) >= 11 is 0. The number of nitrogens with zero attached hydrogens (tertiary/aromatic N) is 5. The van der Waals surface area contributed by atoms with E-state index in [1.54, 1.807) is 11.2 Å². The maximum atomic E-state index is 12.2. The van der Waals surface area contributed by atoms with Crippen LogP contribution in [0.15, 0.2) is 36.7 Å². The van der Waals surface area contributed by atoms with Gasteiger partial charge in [-0.05, 0) is 44.9 Å². The minimum absolute atomic E-state index is 0.0637. The largest absolute Gasteiger partial charge is 0.473 e. The molecular weight excluding hydrogens is 504 g/mol. The van der Waals surface area contributed by atoms with E-state index in [-0.39, 0.29) is 23.7 Å². The molecule has 1 aromatic carbocycles. The van der Waals surface area contributed by atoms with Gasteiger partial charge >= 0.3 is 0 Å². The number of benzene rings is 1. The van der Waals surface area contributed by atoms with Crippen molar-refractivity contribution in [3.8, 4) is 17.1 Å². The topological polar surface area (TPSA) is 110 Å². The van der Waals surface area contributed by atoms with Gasteiger partial charge in [0.1, 0.15) is 11.6 Å². The predicted molar refractivity (Wildman–Crippen MR) is 146 cm³/mol. The number of nitrogens with one attached hydrogen (secondary N) is 1. The van der Waals surface area contributed by atoms with Crippen LogP contribution >= 0.6 is 0 Å². The molecule has 2 aromatic heterocycles. The maximum absolute atomic E-state index is 12.2. The first-order valence-corrected chi connectivity index (χ1v) is 15.1. The van der Waals surface area contributed by atoms with Gasteiger partial charge in [0.05, 0.1) is 23.3 Å². The molecule has 3 aliphatic rings. The molecule has 10 nitrogen and oxygen atoms in total. The molecule has 2 saturated heterocycles. The van der Waals surface area contributed by atoms with Crippen molar-refractivity contribution in [2.24, 2.45) is 5.92 Å². The van der Waals surface area contributed by atoms with E-state index in [0.29, 0.717) is 51.1 Å². The number of hydrogen-bond acceptors (Lipinski definition) is 7. The van der Waals surface area contributed by atoms with Gasteiger partial charge in [-0.1, -0.05) is 12.1 Å². The van der Waals surface area contributed by atoms with Crippen LogP contribution in [0.25, 0.3) is 22.3 Å². The number of fused-ring (bicyclic) bond motifs is 1. The minimum Gasteiger partial charge on any atom is -0.473 e. The third kappa shape index (κ3) is 4.84. The number of carbonyl (C=O) groups excluding carboxylic acids is 1. The lowest BCUT2D eigenvalue weighted by Crippen LogP contribution is -2.49. The molecule has 2 aliphatic heterocycles. The average molecular weight is 539 g/mol. The molecule has 202 valence electrons. The first-order valence-electron chi connectivity index (χ1n) is 13.5. The van der Waals surface area contributed by atoms with Crippen LogP contribution in [0.1, 0.15) is 39.2 Å². The lowest BCUT2D eigenvalue weighted by molar-refractivity contribution is -0.119. The maximum Gasteiger partial charge on any atom is 0.241 e. The van der Waals surface area contributed by atoms with Crippen molar-refractivity contribution in [1.29, 1.82) is 0 Å². The Labute approximate surface area is 223 Å². The molecule has 1 amide bonds. The SMILES string of the molecule is CCS(=O)(=O)N1CCN(c2ccc(-c3cc4ncn(C5CC5)c4c(O[C@H](C)C4CNC(=O)C4)n3)cc2)CC1. The van der Waals surface area contributed by atoms with Crippen molar-refractivity contribution in [3.05, 3.63) is 36.7 Å². The molecule has 0 radical (unpaired) electrons. The van der Waals surface area contributed by atoms with E-state index in [2.05, 4.69) is 31.9 Å². The van der Waals surface area contributed by atoms with Gasteiger partial charge in [0.25, 0.3) is 0 Å². The number of amides is 1. The highest BCUT2D eigenvalue weighted by Gasteiger charge is 2.31. The molecule has 1 N–H and O–H groups in total. The summed E-state index contributed by atoms with van der Waals surface area (Å²) < 4.78 is 34.6. The van der Waals surface area contributed by atoms with E-state index < -0.39 is 10.0 Å². The van der Waals surface area contributed by atoms with Crippen LogP contribution in [0.3, 0.4) is 0 Å². The summed E-state index contributed by atoms with van der Waals surface area (Å²) in [5.74, 6) is 0.866. The summed E-state index contributed by atoms with van der Waals surface area (Å²) in [7, 11) is -3.15. The van der Waals surface area contributed by atoms with Gasteiger partial charge in [-0.25, -0.2) is 18.4 Å². The Morgan fingerprint density at radius 1 is 1.13 bits per heavy atom. The Balaban J connectivity index is 1.25. The van der Waals surface area contributed by atoms with E-state index in [0.717, 1.165) is 40.8 Å². The Hall–Kier alpha value is -3.18. The standard InChI is InChI=1S/C27H34N6O4S/c1-3-38(35,36)32-12-10-31(11-13-32)21-6-4-19(5-7-21)23-15-24-26(33(17-29-24)22-8-9-22)27(30-23)37-18(2)20-14-25(34)28-16-20/h4-7,15,17-18,20,22H,3,8-14,16H2,1-2H3,(H,28,34)/t18-,20?/m1/s1. The van der Waals surface area contributed by atoms with Crippen LogP contribution in [0.4, 0.5) is 5.69 Å². The number of aromatic nitrogens is 3. The van der Waals surface area contributed by atoms with Crippen LogP contribution in [0.2, 0.25) is 0 Å². The lowest BCUT2D eigenvalue weighted by atomic mass is 10.0. The molecule has 6 rings (SSSR count). The van der Waals surface area contributed by atoms with Crippen molar-refractivity contribution < 1.29 is 17.9 Å². The summed E-state index contributed by atoms with van der Waals surface area (Å²) in [6, 6.07) is 10.7. The van der Waals surface area contributed by atoms with Crippen LogP contribution in [0.5, 0.6) is 5.88 Å². The van der Waals surface area contributed by atoms with Crippen LogP contribution in [-0.4, -0.2) is 77.7 Å². The number of anilines is 1. The van der Waals surface area contributed by atoms with Crippen molar-refractivity contribution >= 4 is 32.7 Å². The second kappa shape index (κ2) is 9.85. The number of pyridine rings is 1. The van der Waals surface area contributed by atoms with E-state index >= 15 is 0 Å². The summed E-state index contributed by atoms with van der Waals surface area (Å²) in [5.41, 5.74) is 4.56. The molecule has 4 heterocycles. The molecule has 2 atom stereocenters. The lowest BCUT2D eigenvalue weighted by Gasteiger charge is -2.35. The zero-order valence-electron chi connectivity index (χ0n) is 21.8. The van der Waals surface area contributed by atoms with Gasteiger partial charge in [-0.3, -0.25) is 4.79 Å². The van der Waals surface area contributed by atoms with Crippen LogP contribution in [0, 0.1) is 5.92 Å². The average Bonchev–Trinajstić information content (AvgIpc) is 3.53. The van der Waals surface area contributed by atoms with Gasteiger partial charge in [0.15, 0.2) is 0 Å². The van der Waals surface area contributed by atoms with Crippen molar-refractivity contribution in [3.63, 3.8) is 0 Å². The molecule has 1 aliphatic carbocycles. The fourth-order valence-electron chi connectivity index (χ4n) is 5.37. The van der Waals surface area contributed by atoms with Crippen molar-refractivity contribution in [1.82, 2.24) is 24.2 Å².